The number of hydrogen-bond acceptors (Lipinski definition) is 4. The van der Waals surface area contributed by atoms with Gasteiger partial charge in [0.05, 0.1) is 6.61 Å². The Morgan fingerprint density at radius 2 is 2.44 bits per heavy atom. The van der Waals surface area contributed by atoms with Gasteiger partial charge in [-0.25, -0.2) is 4.39 Å². The Kier molecular flexibility index (Phi) is 2.94. The molecule has 6 heteroatoms. The maximum atomic E-state index is 13.4. The molecule has 0 aromatic heterocycles. The maximum absolute atomic E-state index is 13.4. The van der Waals surface area contributed by atoms with Gasteiger partial charge in [-0.15, -0.1) is 0 Å². The largest absolute Gasteiger partial charge is 0.491 e. The zero-order chi connectivity index (χ0) is 11.7. The highest BCUT2D eigenvalue weighted by molar-refractivity contribution is 6.61. The molecule has 4 nitrogen and oxygen atoms in total. The summed E-state index contributed by atoms with van der Waals surface area (Å²) in [4.78, 5) is 10.7. The minimum Gasteiger partial charge on any atom is -0.483 e. The number of ketones is 1. The zero-order valence-electron chi connectivity index (χ0n) is 8.70. The second-order valence-electron chi connectivity index (χ2n) is 3.64. The van der Waals surface area contributed by atoms with Crippen molar-refractivity contribution in [2.45, 2.75) is 13.5 Å². The van der Waals surface area contributed by atoms with Crippen molar-refractivity contribution in [3.05, 3.63) is 23.5 Å². The van der Waals surface area contributed by atoms with Crippen molar-refractivity contribution in [2.75, 3.05) is 6.61 Å². The van der Waals surface area contributed by atoms with Crippen LogP contribution in [0.1, 0.15) is 12.5 Å². The van der Waals surface area contributed by atoms with Crippen LogP contribution >= 0.6 is 0 Å². The number of fused-ring (bicyclic) bond motifs is 1. The fourth-order valence-corrected chi connectivity index (χ4v) is 1.51. The number of hydrogen-bond donors (Lipinski definition) is 1. The van der Waals surface area contributed by atoms with Crippen LogP contribution < -0.4 is 10.2 Å². The summed E-state index contributed by atoms with van der Waals surface area (Å²) >= 11 is 0. The van der Waals surface area contributed by atoms with Gasteiger partial charge in [-0.2, -0.15) is 0 Å². The van der Waals surface area contributed by atoms with E-state index in [1.165, 1.54) is 19.1 Å². The van der Waals surface area contributed by atoms with Crippen molar-refractivity contribution in [1.82, 2.24) is 0 Å². The van der Waals surface area contributed by atoms with Gasteiger partial charge in [-0.3, -0.25) is 4.79 Å². The molecule has 16 heavy (non-hydrogen) atoms. The van der Waals surface area contributed by atoms with Gasteiger partial charge in [-0.1, -0.05) is 0 Å². The lowest BCUT2D eigenvalue weighted by Crippen LogP contribution is -2.28. The van der Waals surface area contributed by atoms with Crippen LogP contribution in [0.2, 0.25) is 0 Å². The normalized spacial score (nSPS) is 13.8. The first-order valence-corrected chi connectivity index (χ1v) is 4.82. The van der Waals surface area contributed by atoms with Gasteiger partial charge in [0.1, 0.15) is 6.61 Å². The first kappa shape index (κ1) is 11.1. The third-order valence-electron chi connectivity index (χ3n) is 2.29. The van der Waals surface area contributed by atoms with E-state index in [2.05, 4.69) is 0 Å². The van der Waals surface area contributed by atoms with Gasteiger partial charge in [0.15, 0.2) is 17.3 Å². The van der Waals surface area contributed by atoms with Crippen LogP contribution in [0.4, 0.5) is 4.39 Å². The molecule has 0 fully saturated rings. The molecule has 0 bridgehead atoms. The Hall–Kier alpha value is -1.40. The van der Waals surface area contributed by atoms with Crippen molar-refractivity contribution in [2.24, 2.45) is 0 Å². The first-order valence-electron chi connectivity index (χ1n) is 4.82. The molecule has 84 valence electrons. The van der Waals surface area contributed by atoms with E-state index in [-0.39, 0.29) is 24.7 Å². The highest BCUT2D eigenvalue weighted by Crippen LogP contribution is 2.20. The molecule has 0 saturated carbocycles. The maximum Gasteiger partial charge on any atom is 0.491 e. The minimum absolute atomic E-state index is 0.0431. The number of carbonyl (C=O) groups excluding carboxylic acids is 1. The van der Waals surface area contributed by atoms with Crippen LogP contribution in [0.5, 0.6) is 5.75 Å². The first-order chi connectivity index (χ1) is 7.58. The van der Waals surface area contributed by atoms with Crippen LogP contribution in [0.15, 0.2) is 12.1 Å². The smallest absolute Gasteiger partial charge is 0.483 e. The molecule has 1 aromatic carbocycles. The van der Waals surface area contributed by atoms with Gasteiger partial charge in [0.25, 0.3) is 0 Å². The molecule has 1 aromatic rings. The van der Waals surface area contributed by atoms with Gasteiger partial charge in [0.2, 0.25) is 0 Å². The molecule has 0 spiro atoms. The zero-order valence-corrected chi connectivity index (χ0v) is 8.70. The van der Waals surface area contributed by atoms with Gasteiger partial charge in [0, 0.05) is 0 Å². The van der Waals surface area contributed by atoms with E-state index < -0.39 is 12.9 Å². The van der Waals surface area contributed by atoms with Crippen LogP contribution in [0, 0.1) is 5.82 Å². The third kappa shape index (κ3) is 2.07. The summed E-state index contributed by atoms with van der Waals surface area (Å²) in [6, 6.07) is 2.62. The predicted octanol–water partition coefficient (Wildman–Crippen LogP) is 0.0112. The number of benzene rings is 1. The molecule has 1 aliphatic rings. The lowest BCUT2D eigenvalue weighted by Gasteiger charge is -2.07. The monoisotopic (exact) mass is 224 g/mol. The standard InChI is InChI=1S/C10H10BFO4/c1-6(13)4-15-10-3-8-7(2-9(10)12)5-16-11(8)14/h2-3,14H,4-5H2,1H3. The van der Waals surface area contributed by atoms with Crippen LogP contribution in [-0.4, -0.2) is 24.5 Å². The molecule has 1 heterocycles. The highest BCUT2D eigenvalue weighted by Gasteiger charge is 2.29. The summed E-state index contributed by atoms with van der Waals surface area (Å²) in [5.74, 6) is -0.798. The molecule has 0 saturated heterocycles. The second kappa shape index (κ2) is 4.23. The Morgan fingerprint density at radius 3 is 3.12 bits per heavy atom. The molecule has 0 radical (unpaired) electrons. The quantitative estimate of drug-likeness (QED) is 0.734. The Labute approximate surface area is 92.1 Å². The highest BCUT2D eigenvalue weighted by atomic mass is 19.1. The number of carbonyl (C=O) groups is 1. The summed E-state index contributed by atoms with van der Waals surface area (Å²) < 4.78 is 23.4. The number of ether oxygens (including phenoxy) is 1. The molecule has 2 rings (SSSR count). The Morgan fingerprint density at radius 1 is 1.69 bits per heavy atom. The van der Waals surface area contributed by atoms with Gasteiger partial charge < -0.3 is 14.4 Å². The Balaban J connectivity index is 2.26. The molecule has 1 N–H and O–H groups in total. The third-order valence-corrected chi connectivity index (χ3v) is 2.29. The van der Waals surface area contributed by atoms with Crippen molar-refractivity contribution in [1.29, 1.82) is 0 Å². The average molecular weight is 224 g/mol. The number of halogens is 1. The molecule has 0 aliphatic carbocycles. The summed E-state index contributed by atoms with van der Waals surface area (Å²) in [5, 5.41) is 9.41. The van der Waals surface area contributed by atoms with Gasteiger partial charge >= 0.3 is 7.12 Å². The van der Waals surface area contributed by atoms with Crippen molar-refractivity contribution in [3.63, 3.8) is 0 Å². The summed E-state index contributed by atoms with van der Waals surface area (Å²) in [6.07, 6.45) is 0. The molecular formula is C10H10BFO4. The van der Waals surface area contributed by atoms with E-state index in [0.29, 0.717) is 11.0 Å². The van der Waals surface area contributed by atoms with E-state index in [9.17, 15) is 14.2 Å². The summed E-state index contributed by atoms with van der Waals surface area (Å²) in [7, 11) is -1.05. The lowest BCUT2D eigenvalue weighted by atomic mass is 9.79. The molecular weight excluding hydrogens is 214 g/mol. The lowest BCUT2D eigenvalue weighted by molar-refractivity contribution is -0.118. The fraction of sp³-hybridized carbons (Fsp3) is 0.300. The van der Waals surface area contributed by atoms with E-state index in [4.69, 9.17) is 9.39 Å². The molecule has 0 unspecified atom stereocenters. The van der Waals surface area contributed by atoms with E-state index in [1.54, 1.807) is 0 Å². The number of rotatable bonds is 3. The van der Waals surface area contributed by atoms with E-state index in [0.717, 1.165) is 0 Å². The minimum atomic E-state index is -1.05. The van der Waals surface area contributed by atoms with Crippen molar-refractivity contribution >= 4 is 18.4 Å². The molecule has 1 aliphatic heterocycles. The van der Waals surface area contributed by atoms with Crippen LogP contribution in [-0.2, 0) is 16.1 Å². The van der Waals surface area contributed by atoms with Crippen LogP contribution in [0.25, 0.3) is 0 Å². The van der Waals surface area contributed by atoms with E-state index in [1.807, 2.05) is 0 Å². The van der Waals surface area contributed by atoms with Crippen LogP contribution in [0.3, 0.4) is 0 Å². The van der Waals surface area contributed by atoms with Gasteiger partial charge in [-0.05, 0) is 30.1 Å². The number of Topliss-reactive ketones (excluding diaryl/α,β-unsaturated/α-hetero) is 1. The SMILES string of the molecule is CC(=O)COc1cc2c(cc1F)COB2O. The van der Waals surface area contributed by atoms with Crippen molar-refractivity contribution < 1.29 is 23.6 Å². The average Bonchev–Trinajstić information content (AvgIpc) is 2.56. The Bertz CT molecular complexity index is 435. The fourth-order valence-electron chi connectivity index (χ4n) is 1.51. The summed E-state index contributed by atoms with van der Waals surface area (Å²) in [5.41, 5.74) is 1.08. The molecule has 0 atom stereocenters. The van der Waals surface area contributed by atoms with E-state index >= 15 is 0 Å². The summed E-state index contributed by atoms with van der Waals surface area (Å²) in [6.45, 7) is 1.34. The van der Waals surface area contributed by atoms with Crippen molar-refractivity contribution in [3.8, 4) is 5.75 Å². The topological polar surface area (TPSA) is 55.8 Å². The predicted molar refractivity (Wildman–Crippen MR) is 55.0 cm³/mol. The molecule has 0 amide bonds. The second-order valence-corrected chi connectivity index (χ2v) is 3.64.